The van der Waals surface area contributed by atoms with Gasteiger partial charge >= 0.3 is 0 Å². The molecule has 24 heavy (non-hydrogen) atoms. The van der Waals surface area contributed by atoms with Crippen molar-refractivity contribution in [2.45, 2.75) is 38.2 Å². The lowest BCUT2D eigenvalue weighted by Gasteiger charge is -2.23. The zero-order valence-electron chi connectivity index (χ0n) is 14.4. The number of hydrogen-bond donors (Lipinski definition) is 1. The average molecular weight is 327 g/mol. The van der Waals surface area contributed by atoms with Crippen LogP contribution in [0.4, 0.5) is 11.4 Å². The Hall–Kier alpha value is -2.36. The van der Waals surface area contributed by atoms with Gasteiger partial charge in [0.2, 0.25) is 0 Å². The van der Waals surface area contributed by atoms with E-state index in [4.69, 9.17) is 14.2 Å². The Kier molecular flexibility index (Phi) is 5.47. The first-order valence-electron chi connectivity index (χ1n) is 8.54. The van der Waals surface area contributed by atoms with E-state index in [1.807, 2.05) is 42.5 Å². The van der Waals surface area contributed by atoms with Gasteiger partial charge in [-0.05, 0) is 62.1 Å². The molecular weight excluding hydrogens is 302 g/mol. The van der Waals surface area contributed by atoms with E-state index in [0.717, 1.165) is 28.6 Å². The molecule has 2 aromatic carbocycles. The summed E-state index contributed by atoms with van der Waals surface area (Å²) in [6.07, 6.45) is 6.61. The van der Waals surface area contributed by atoms with E-state index in [-0.39, 0.29) is 0 Å². The quantitative estimate of drug-likeness (QED) is 0.795. The van der Waals surface area contributed by atoms with Crippen LogP contribution in [0.15, 0.2) is 42.5 Å². The van der Waals surface area contributed by atoms with Gasteiger partial charge in [-0.25, -0.2) is 0 Å². The minimum atomic E-state index is 0.374. The van der Waals surface area contributed by atoms with Crippen molar-refractivity contribution in [2.75, 3.05) is 19.5 Å². The van der Waals surface area contributed by atoms with Crippen LogP contribution in [-0.2, 0) is 0 Å². The van der Waals surface area contributed by atoms with E-state index in [2.05, 4.69) is 5.32 Å². The molecule has 0 aromatic heterocycles. The highest BCUT2D eigenvalue weighted by atomic mass is 16.5. The van der Waals surface area contributed by atoms with Crippen LogP contribution in [0.3, 0.4) is 0 Å². The molecule has 0 amide bonds. The topological polar surface area (TPSA) is 39.7 Å². The maximum atomic E-state index is 6.07. The first-order chi connectivity index (χ1) is 11.8. The third kappa shape index (κ3) is 4.13. The van der Waals surface area contributed by atoms with Gasteiger partial charge in [0.05, 0.1) is 26.0 Å². The fraction of sp³-hybridized carbons (Fsp3) is 0.400. The summed E-state index contributed by atoms with van der Waals surface area (Å²) in [4.78, 5) is 0. The summed E-state index contributed by atoms with van der Waals surface area (Å²) in [5, 5.41) is 3.37. The molecule has 1 saturated carbocycles. The highest BCUT2D eigenvalue weighted by Gasteiger charge is 2.14. The fourth-order valence-corrected chi connectivity index (χ4v) is 3.05. The van der Waals surface area contributed by atoms with E-state index < -0.39 is 0 Å². The van der Waals surface area contributed by atoms with Crippen molar-refractivity contribution in [1.82, 2.24) is 0 Å². The Morgan fingerprint density at radius 2 is 1.54 bits per heavy atom. The summed E-state index contributed by atoms with van der Waals surface area (Å²) < 4.78 is 16.7. The maximum Gasteiger partial charge on any atom is 0.145 e. The van der Waals surface area contributed by atoms with Crippen molar-refractivity contribution in [2.24, 2.45) is 0 Å². The van der Waals surface area contributed by atoms with Crippen LogP contribution >= 0.6 is 0 Å². The molecule has 1 N–H and O–H groups in total. The van der Waals surface area contributed by atoms with Crippen molar-refractivity contribution in [1.29, 1.82) is 0 Å². The molecule has 1 aliphatic rings. The predicted octanol–water partition coefficient (Wildman–Crippen LogP) is 5.16. The first kappa shape index (κ1) is 16.5. The lowest BCUT2D eigenvalue weighted by Crippen LogP contribution is -2.19. The molecule has 1 fully saturated rings. The SMILES string of the molecule is COc1ccc(Nc2ccc(OC3CCCCC3)cc2)c(OC)c1. The molecule has 0 unspecified atom stereocenters. The van der Waals surface area contributed by atoms with Gasteiger partial charge < -0.3 is 19.5 Å². The minimum absolute atomic E-state index is 0.374. The molecular formula is C20H25NO3. The Morgan fingerprint density at radius 1 is 0.833 bits per heavy atom. The normalized spacial score (nSPS) is 14.9. The van der Waals surface area contributed by atoms with Crippen LogP contribution in [0.5, 0.6) is 17.2 Å². The smallest absolute Gasteiger partial charge is 0.145 e. The molecule has 128 valence electrons. The molecule has 3 rings (SSSR count). The van der Waals surface area contributed by atoms with Gasteiger partial charge in [0.1, 0.15) is 17.2 Å². The highest BCUT2D eigenvalue weighted by Crippen LogP contribution is 2.32. The van der Waals surface area contributed by atoms with Crippen molar-refractivity contribution in [3.05, 3.63) is 42.5 Å². The number of hydrogen-bond acceptors (Lipinski definition) is 4. The molecule has 0 aliphatic heterocycles. The summed E-state index contributed by atoms with van der Waals surface area (Å²) in [6.45, 7) is 0. The Balaban J connectivity index is 1.65. The molecule has 0 atom stereocenters. The number of anilines is 2. The Labute approximate surface area is 143 Å². The van der Waals surface area contributed by atoms with Crippen LogP contribution in [0, 0.1) is 0 Å². The fourth-order valence-electron chi connectivity index (χ4n) is 3.05. The van der Waals surface area contributed by atoms with Gasteiger partial charge in [-0.1, -0.05) is 6.42 Å². The molecule has 0 bridgehead atoms. The highest BCUT2D eigenvalue weighted by molar-refractivity contribution is 5.67. The van der Waals surface area contributed by atoms with Gasteiger partial charge in [-0.2, -0.15) is 0 Å². The van der Waals surface area contributed by atoms with Gasteiger partial charge in [0, 0.05) is 11.8 Å². The second-order valence-corrected chi connectivity index (χ2v) is 6.09. The van der Waals surface area contributed by atoms with Crippen LogP contribution in [0.25, 0.3) is 0 Å². The lowest BCUT2D eigenvalue weighted by atomic mass is 9.98. The average Bonchev–Trinajstić information content (AvgIpc) is 2.64. The van der Waals surface area contributed by atoms with Crippen LogP contribution in [0.1, 0.15) is 32.1 Å². The summed E-state index contributed by atoms with van der Waals surface area (Å²) in [6, 6.07) is 13.8. The molecule has 4 heteroatoms. The van der Waals surface area contributed by atoms with E-state index in [1.165, 1.54) is 32.1 Å². The molecule has 0 radical (unpaired) electrons. The van der Waals surface area contributed by atoms with E-state index >= 15 is 0 Å². The number of nitrogens with one attached hydrogen (secondary N) is 1. The molecule has 0 heterocycles. The third-order valence-corrected chi connectivity index (χ3v) is 4.40. The van der Waals surface area contributed by atoms with Gasteiger partial charge in [0.15, 0.2) is 0 Å². The van der Waals surface area contributed by atoms with E-state index in [1.54, 1.807) is 14.2 Å². The lowest BCUT2D eigenvalue weighted by molar-refractivity contribution is 0.155. The number of ether oxygens (including phenoxy) is 3. The Bertz CT molecular complexity index is 648. The van der Waals surface area contributed by atoms with Crippen molar-refractivity contribution in [3.8, 4) is 17.2 Å². The molecule has 4 nitrogen and oxygen atoms in total. The summed E-state index contributed by atoms with van der Waals surface area (Å²) in [5.41, 5.74) is 1.90. The van der Waals surface area contributed by atoms with E-state index in [0.29, 0.717) is 6.10 Å². The van der Waals surface area contributed by atoms with Crippen molar-refractivity contribution >= 4 is 11.4 Å². The number of methoxy groups -OCH3 is 2. The summed E-state index contributed by atoms with van der Waals surface area (Å²) in [7, 11) is 3.30. The van der Waals surface area contributed by atoms with Crippen molar-refractivity contribution < 1.29 is 14.2 Å². The first-order valence-corrected chi connectivity index (χ1v) is 8.54. The standard InChI is InChI=1S/C20H25NO3/c1-22-18-12-13-19(20(14-18)23-2)21-15-8-10-17(11-9-15)24-16-6-4-3-5-7-16/h8-14,16,21H,3-7H2,1-2H3. The van der Waals surface area contributed by atoms with Crippen LogP contribution in [-0.4, -0.2) is 20.3 Å². The van der Waals surface area contributed by atoms with Gasteiger partial charge in [-0.15, -0.1) is 0 Å². The number of benzene rings is 2. The summed E-state index contributed by atoms with van der Waals surface area (Å²) >= 11 is 0. The second-order valence-electron chi connectivity index (χ2n) is 6.09. The van der Waals surface area contributed by atoms with Crippen molar-refractivity contribution in [3.63, 3.8) is 0 Å². The summed E-state index contributed by atoms with van der Waals surface area (Å²) in [5.74, 6) is 2.46. The zero-order valence-corrected chi connectivity index (χ0v) is 14.4. The molecule has 0 saturated heterocycles. The van der Waals surface area contributed by atoms with E-state index in [9.17, 15) is 0 Å². The minimum Gasteiger partial charge on any atom is -0.497 e. The monoisotopic (exact) mass is 327 g/mol. The third-order valence-electron chi connectivity index (χ3n) is 4.40. The Morgan fingerprint density at radius 3 is 2.21 bits per heavy atom. The van der Waals surface area contributed by atoms with Gasteiger partial charge in [-0.3, -0.25) is 0 Å². The number of rotatable bonds is 6. The molecule has 0 spiro atoms. The molecule has 1 aliphatic carbocycles. The van der Waals surface area contributed by atoms with Crippen LogP contribution < -0.4 is 19.5 Å². The largest absolute Gasteiger partial charge is 0.497 e. The van der Waals surface area contributed by atoms with Crippen LogP contribution in [0.2, 0.25) is 0 Å². The predicted molar refractivity (Wildman–Crippen MR) is 96.8 cm³/mol. The molecule has 2 aromatic rings. The second kappa shape index (κ2) is 7.95. The maximum absolute atomic E-state index is 6.07. The zero-order chi connectivity index (χ0) is 16.8. The van der Waals surface area contributed by atoms with Gasteiger partial charge in [0.25, 0.3) is 0 Å².